The number of rotatable bonds is 4. The van der Waals surface area contributed by atoms with Gasteiger partial charge in [-0.2, -0.15) is 0 Å². The van der Waals surface area contributed by atoms with Gasteiger partial charge in [0.05, 0.1) is 12.0 Å². The normalized spacial score (nSPS) is 11.9. The molecule has 148 valence electrons. The summed E-state index contributed by atoms with van der Waals surface area (Å²) in [5.41, 5.74) is 2.50. The predicted molar refractivity (Wildman–Crippen MR) is 119 cm³/mol. The molecule has 1 N–H and O–H groups in total. The molecule has 0 atom stereocenters. The van der Waals surface area contributed by atoms with Crippen molar-refractivity contribution < 1.29 is 14.3 Å². The summed E-state index contributed by atoms with van der Waals surface area (Å²) in [5, 5.41) is 3.66. The number of anilines is 2. The molecular weight excluding hydrogens is 372 g/mol. The number of carbonyl (C=O) groups is 1. The number of aryl methyl sites for hydroxylation is 1. The molecule has 1 aliphatic heterocycles. The molecule has 2 heterocycles. The first-order chi connectivity index (χ1) is 13.4. The maximum Gasteiger partial charge on any atom is 0.326 e. The molecule has 0 aliphatic carbocycles. The van der Waals surface area contributed by atoms with Crippen LogP contribution >= 0.6 is 11.3 Å². The van der Waals surface area contributed by atoms with Crippen LogP contribution in [0.25, 0.3) is 6.08 Å². The molecule has 1 aromatic heterocycles. The minimum Gasteiger partial charge on any atom is -0.496 e. The van der Waals surface area contributed by atoms with Gasteiger partial charge in [-0.1, -0.05) is 33.1 Å². The molecule has 0 saturated heterocycles. The van der Waals surface area contributed by atoms with Gasteiger partial charge in [0.1, 0.15) is 22.3 Å². The molecule has 2 aromatic rings. The summed E-state index contributed by atoms with van der Waals surface area (Å²) >= 11 is 1.47. The van der Waals surface area contributed by atoms with Crippen LogP contribution in [0.2, 0.25) is 0 Å². The SMILES string of the molecule is C=CC1=Cc2sc(N(C)C(=O)Nc3ccc(OC)c(C)c3)cc2OC1=C.CC. The molecule has 0 saturated carbocycles. The molecule has 0 radical (unpaired) electrons. The van der Waals surface area contributed by atoms with E-state index in [1.807, 2.05) is 51.1 Å². The Morgan fingerprint density at radius 2 is 2.04 bits per heavy atom. The van der Waals surface area contributed by atoms with Gasteiger partial charge in [-0.15, -0.1) is 11.3 Å². The topological polar surface area (TPSA) is 50.8 Å². The molecule has 3 rings (SSSR count). The van der Waals surface area contributed by atoms with Gasteiger partial charge in [0.2, 0.25) is 0 Å². The van der Waals surface area contributed by atoms with Gasteiger partial charge in [0, 0.05) is 24.4 Å². The number of methoxy groups -OCH3 is 1. The highest BCUT2D eigenvalue weighted by molar-refractivity contribution is 7.17. The second-order valence-corrected chi connectivity index (χ2v) is 6.88. The Kier molecular flexibility index (Phi) is 7.06. The van der Waals surface area contributed by atoms with Gasteiger partial charge < -0.3 is 14.8 Å². The smallest absolute Gasteiger partial charge is 0.326 e. The Morgan fingerprint density at radius 3 is 2.64 bits per heavy atom. The number of fused-ring (bicyclic) bond motifs is 1. The molecule has 5 nitrogen and oxygen atoms in total. The Labute approximate surface area is 170 Å². The van der Waals surface area contributed by atoms with E-state index in [2.05, 4.69) is 18.5 Å². The third-order valence-electron chi connectivity index (χ3n) is 4.05. The summed E-state index contributed by atoms with van der Waals surface area (Å²) < 4.78 is 10.9. The summed E-state index contributed by atoms with van der Waals surface area (Å²) in [6, 6.07) is 7.11. The third kappa shape index (κ3) is 4.46. The van der Waals surface area contributed by atoms with Crippen LogP contribution in [0.3, 0.4) is 0 Å². The second kappa shape index (κ2) is 9.28. The standard InChI is InChI=1S/C20H20N2O3S.C2H6/c1-6-14-10-18-17(25-13(14)3)11-19(26-18)22(4)20(23)21-15-7-8-16(24-5)12(2)9-15;1-2/h6-11H,1,3H2,2,4-5H3,(H,21,23);1-2H3. The Hall–Kier alpha value is -2.99. The van der Waals surface area contributed by atoms with Crippen LogP contribution in [0, 0.1) is 6.92 Å². The Balaban J connectivity index is 0.00000136. The van der Waals surface area contributed by atoms with Crippen molar-refractivity contribution in [3.05, 3.63) is 65.3 Å². The average molecular weight is 399 g/mol. The number of carbonyl (C=O) groups excluding carboxylic acids is 1. The predicted octanol–water partition coefficient (Wildman–Crippen LogP) is 6.24. The molecule has 0 bridgehead atoms. The van der Waals surface area contributed by atoms with E-state index in [0.717, 1.165) is 26.8 Å². The van der Waals surface area contributed by atoms with E-state index in [4.69, 9.17) is 9.47 Å². The molecule has 6 heteroatoms. The number of urea groups is 1. The first-order valence-electron chi connectivity index (χ1n) is 8.97. The van der Waals surface area contributed by atoms with Crippen molar-refractivity contribution in [2.75, 3.05) is 24.4 Å². The lowest BCUT2D eigenvalue weighted by Crippen LogP contribution is -2.30. The second-order valence-electron chi connectivity index (χ2n) is 5.82. The van der Waals surface area contributed by atoms with Gasteiger partial charge in [-0.3, -0.25) is 4.90 Å². The zero-order valence-electron chi connectivity index (χ0n) is 17.0. The highest BCUT2D eigenvalue weighted by Crippen LogP contribution is 2.41. The van der Waals surface area contributed by atoms with Crippen molar-refractivity contribution in [3.63, 3.8) is 0 Å². The van der Waals surface area contributed by atoms with Gasteiger partial charge >= 0.3 is 6.03 Å². The largest absolute Gasteiger partial charge is 0.496 e. The summed E-state index contributed by atoms with van der Waals surface area (Å²) in [6.07, 6.45) is 3.66. The monoisotopic (exact) mass is 398 g/mol. The van der Waals surface area contributed by atoms with Crippen molar-refractivity contribution in [1.29, 1.82) is 0 Å². The maximum absolute atomic E-state index is 12.6. The summed E-state index contributed by atoms with van der Waals surface area (Å²) in [4.78, 5) is 15.1. The van der Waals surface area contributed by atoms with Gasteiger partial charge in [-0.05, 0) is 36.8 Å². The van der Waals surface area contributed by atoms with Crippen LogP contribution in [-0.4, -0.2) is 20.2 Å². The van der Waals surface area contributed by atoms with Crippen molar-refractivity contribution in [2.45, 2.75) is 20.8 Å². The molecule has 0 spiro atoms. The maximum atomic E-state index is 12.6. The van der Waals surface area contributed by atoms with E-state index in [9.17, 15) is 4.79 Å². The van der Waals surface area contributed by atoms with Gasteiger partial charge in [-0.25, -0.2) is 4.79 Å². The van der Waals surface area contributed by atoms with Crippen LogP contribution in [0.1, 0.15) is 24.3 Å². The van der Waals surface area contributed by atoms with E-state index in [1.54, 1.807) is 25.1 Å². The van der Waals surface area contributed by atoms with Crippen molar-refractivity contribution in [3.8, 4) is 11.5 Å². The van der Waals surface area contributed by atoms with Crippen molar-refractivity contribution in [2.24, 2.45) is 0 Å². The lowest BCUT2D eigenvalue weighted by atomic mass is 10.1. The molecule has 28 heavy (non-hydrogen) atoms. The fraction of sp³-hybridized carbons (Fsp3) is 0.227. The minimum absolute atomic E-state index is 0.236. The van der Waals surface area contributed by atoms with E-state index in [0.29, 0.717) is 17.2 Å². The number of benzene rings is 1. The van der Waals surface area contributed by atoms with Crippen LogP contribution in [0.5, 0.6) is 11.5 Å². The quantitative estimate of drug-likeness (QED) is 0.664. The van der Waals surface area contributed by atoms with E-state index < -0.39 is 0 Å². The molecule has 0 fully saturated rings. The molecule has 1 aliphatic rings. The molecule has 2 amide bonds. The number of amides is 2. The lowest BCUT2D eigenvalue weighted by molar-refractivity contribution is 0.258. The highest BCUT2D eigenvalue weighted by Gasteiger charge is 2.21. The molecule has 0 unspecified atom stereocenters. The first-order valence-corrected chi connectivity index (χ1v) is 9.79. The zero-order chi connectivity index (χ0) is 20.8. The van der Waals surface area contributed by atoms with E-state index in [1.165, 1.54) is 11.3 Å². The van der Waals surface area contributed by atoms with Gasteiger partial charge in [0.25, 0.3) is 0 Å². The number of hydrogen-bond acceptors (Lipinski definition) is 4. The summed E-state index contributed by atoms with van der Waals surface area (Å²) in [5.74, 6) is 2.03. The Morgan fingerprint density at radius 1 is 1.32 bits per heavy atom. The third-order valence-corrected chi connectivity index (χ3v) is 5.19. The molecular formula is C22H26N2O3S. The fourth-order valence-corrected chi connectivity index (χ4v) is 3.57. The summed E-state index contributed by atoms with van der Waals surface area (Å²) in [7, 11) is 3.34. The lowest BCUT2D eigenvalue weighted by Gasteiger charge is -2.16. The minimum atomic E-state index is -0.236. The van der Waals surface area contributed by atoms with Crippen LogP contribution in [0.15, 0.2) is 54.8 Å². The van der Waals surface area contributed by atoms with Gasteiger partial charge in [0.15, 0.2) is 0 Å². The first kappa shape index (κ1) is 21.3. The van der Waals surface area contributed by atoms with Crippen LogP contribution in [0.4, 0.5) is 15.5 Å². The number of nitrogens with one attached hydrogen (secondary N) is 1. The number of ether oxygens (including phenoxy) is 2. The number of hydrogen-bond donors (Lipinski definition) is 1. The zero-order valence-corrected chi connectivity index (χ0v) is 17.8. The van der Waals surface area contributed by atoms with Crippen molar-refractivity contribution >= 4 is 34.1 Å². The number of nitrogens with zero attached hydrogens (tertiary/aromatic N) is 1. The van der Waals surface area contributed by atoms with Crippen LogP contribution in [-0.2, 0) is 0 Å². The number of allylic oxidation sites excluding steroid dienone is 1. The van der Waals surface area contributed by atoms with Crippen molar-refractivity contribution in [1.82, 2.24) is 0 Å². The molecule has 1 aromatic carbocycles. The average Bonchev–Trinajstić information content (AvgIpc) is 3.11. The number of thiophene rings is 1. The van der Waals surface area contributed by atoms with Crippen LogP contribution < -0.4 is 19.7 Å². The Bertz CT molecular complexity index is 928. The fourth-order valence-electron chi connectivity index (χ4n) is 2.57. The highest BCUT2D eigenvalue weighted by atomic mass is 32.1. The van der Waals surface area contributed by atoms with E-state index >= 15 is 0 Å². The van der Waals surface area contributed by atoms with E-state index in [-0.39, 0.29) is 6.03 Å². The summed E-state index contributed by atoms with van der Waals surface area (Å²) in [6.45, 7) is 13.6.